The highest BCUT2D eigenvalue weighted by Crippen LogP contribution is 2.21. The summed E-state index contributed by atoms with van der Waals surface area (Å²) >= 11 is 0. The summed E-state index contributed by atoms with van der Waals surface area (Å²) in [6.07, 6.45) is 0. The van der Waals surface area contributed by atoms with E-state index in [-0.39, 0.29) is 4.90 Å². The highest BCUT2D eigenvalue weighted by molar-refractivity contribution is 7.89. The zero-order chi connectivity index (χ0) is 14.5. The lowest BCUT2D eigenvalue weighted by molar-refractivity contribution is 0.167. The van der Waals surface area contributed by atoms with Gasteiger partial charge in [-0.1, -0.05) is 12.2 Å². The number of ether oxygens (including phenoxy) is 1. The van der Waals surface area contributed by atoms with Gasteiger partial charge in [0.1, 0.15) is 0 Å². The van der Waals surface area contributed by atoms with Crippen LogP contribution in [0.15, 0.2) is 35.2 Å². The van der Waals surface area contributed by atoms with Crippen LogP contribution in [-0.4, -0.2) is 28.2 Å². The Morgan fingerprint density at radius 1 is 1.47 bits per heavy atom. The minimum absolute atomic E-state index is 0.00548. The summed E-state index contributed by atoms with van der Waals surface area (Å²) in [4.78, 5) is -0.00548. The Morgan fingerprint density at radius 3 is 2.68 bits per heavy atom. The Balaban J connectivity index is 2.54. The van der Waals surface area contributed by atoms with E-state index in [9.17, 15) is 8.42 Å². The van der Waals surface area contributed by atoms with Crippen molar-refractivity contribution in [2.45, 2.75) is 11.8 Å². The van der Waals surface area contributed by atoms with Crippen LogP contribution in [0.2, 0.25) is 0 Å². The van der Waals surface area contributed by atoms with Crippen molar-refractivity contribution in [2.24, 2.45) is 5.14 Å². The molecule has 0 aliphatic heterocycles. The zero-order valence-electron chi connectivity index (χ0n) is 10.8. The molecule has 0 spiro atoms. The minimum Gasteiger partial charge on any atom is -0.397 e. The van der Waals surface area contributed by atoms with Crippen molar-refractivity contribution < 1.29 is 13.2 Å². The van der Waals surface area contributed by atoms with E-state index in [1.54, 1.807) is 6.07 Å². The van der Waals surface area contributed by atoms with Crippen LogP contribution in [0.5, 0.6) is 0 Å². The van der Waals surface area contributed by atoms with E-state index >= 15 is 0 Å². The molecule has 0 aromatic heterocycles. The van der Waals surface area contributed by atoms with E-state index in [4.69, 9.17) is 15.6 Å². The normalized spacial score (nSPS) is 11.3. The number of rotatable bonds is 7. The van der Waals surface area contributed by atoms with E-state index in [1.165, 1.54) is 12.1 Å². The fourth-order valence-corrected chi connectivity index (χ4v) is 1.93. The van der Waals surface area contributed by atoms with E-state index in [0.29, 0.717) is 31.1 Å². The van der Waals surface area contributed by atoms with E-state index in [2.05, 4.69) is 11.9 Å². The van der Waals surface area contributed by atoms with Gasteiger partial charge in [-0.05, 0) is 25.1 Å². The van der Waals surface area contributed by atoms with E-state index in [1.807, 2.05) is 6.92 Å². The molecule has 6 nitrogen and oxygen atoms in total. The average Bonchev–Trinajstić information content (AvgIpc) is 2.28. The Hall–Kier alpha value is -1.57. The third-order valence-corrected chi connectivity index (χ3v) is 3.17. The van der Waals surface area contributed by atoms with Gasteiger partial charge in [0, 0.05) is 6.54 Å². The standard InChI is InChI=1S/C12H19N3O3S/c1-9(2)8-18-6-5-15-12-4-3-10(7-11(12)13)19(14,16)17/h3-4,7,15H,1,5-6,8,13H2,2H3,(H2,14,16,17). The lowest BCUT2D eigenvalue weighted by Crippen LogP contribution is -2.14. The first-order valence-electron chi connectivity index (χ1n) is 5.69. The average molecular weight is 285 g/mol. The first-order valence-corrected chi connectivity index (χ1v) is 7.23. The van der Waals surface area contributed by atoms with Crippen LogP contribution >= 0.6 is 0 Å². The summed E-state index contributed by atoms with van der Waals surface area (Å²) in [5.41, 5.74) is 7.67. The Morgan fingerprint density at radius 2 is 2.16 bits per heavy atom. The van der Waals surface area contributed by atoms with Gasteiger partial charge in [-0.25, -0.2) is 13.6 Å². The molecule has 5 N–H and O–H groups in total. The van der Waals surface area contributed by atoms with Crippen LogP contribution in [0.3, 0.4) is 0 Å². The van der Waals surface area contributed by atoms with Crippen LogP contribution in [-0.2, 0) is 14.8 Å². The predicted octanol–water partition coefficient (Wildman–Crippen LogP) is 0.921. The van der Waals surface area contributed by atoms with Gasteiger partial charge in [-0.2, -0.15) is 0 Å². The summed E-state index contributed by atoms with van der Waals surface area (Å²) in [7, 11) is -3.72. The van der Waals surface area contributed by atoms with E-state index in [0.717, 1.165) is 5.57 Å². The molecule has 7 heteroatoms. The molecule has 0 saturated heterocycles. The lowest BCUT2D eigenvalue weighted by Gasteiger charge is -2.10. The molecule has 0 aliphatic carbocycles. The number of hydrogen-bond acceptors (Lipinski definition) is 5. The number of primary sulfonamides is 1. The van der Waals surface area contributed by atoms with Gasteiger partial charge in [0.05, 0.1) is 29.5 Å². The molecular weight excluding hydrogens is 266 g/mol. The third-order valence-electron chi connectivity index (χ3n) is 2.26. The molecule has 0 aliphatic rings. The molecule has 1 rings (SSSR count). The van der Waals surface area contributed by atoms with Crippen molar-refractivity contribution in [3.05, 3.63) is 30.4 Å². The van der Waals surface area contributed by atoms with Gasteiger partial charge < -0.3 is 15.8 Å². The third kappa shape index (κ3) is 5.29. The number of nitrogens with two attached hydrogens (primary N) is 2. The molecule has 0 radical (unpaired) electrons. The highest BCUT2D eigenvalue weighted by Gasteiger charge is 2.09. The Bertz CT molecular complexity index is 555. The second kappa shape index (κ2) is 6.55. The molecular formula is C12H19N3O3S. The first-order chi connectivity index (χ1) is 8.80. The monoisotopic (exact) mass is 285 g/mol. The highest BCUT2D eigenvalue weighted by atomic mass is 32.2. The molecule has 0 amide bonds. The second-order valence-electron chi connectivity index (χ2n) is 4.23. The summed E-state index contributed by atoms with van der Waals surface area (Å²) < 4.78 is 27.6. The minimum atomic E-state index is -3.72. The van der Waals surface area contributed by atoms with Crippen molar-refractivity contribution in [3.8, 4) is 0 Å². The van der Waals surface area contributed by atoms with Crippen molar-refractivity contribution in [1.82, 2.24) is 0 Å². The molecule has 106 valence electrons. The van der Waals surface area contributed by atoms with Gasteiger partial charge in [-0.3, -0.25) is 0 Å². The second-order valence-corrected chi connectivity index (χ2v) is 5.79. The molecule has 0 heterocycles. The summed E-state index contributed by atoms with van der Waals surface area (Å²) in [5, 5.41) is 8.06. The van der Waals surface area contributed by atoms with Gasteiger partial charge in [0.15, 0.2) is 0 Å². The molecule has 0 saturated carbocycles. The van der Waals surface area contributed by atoms with Crippen molar-refractivity contribution >= 4 is 21.4 Å². The topological polar surface area (TPSA) is 107 Å². The predicted molar refractivity (Wildman–Crippen MR) is 76.4 cm³/mol. The number of hydrogen-bond donors (Lipinski definition) is 3. The van der Waals surface area contributed by atoms with Crippen molar-refractivity contribution in [2.75, 3.05) is 30.8 Å². The summed E-state index contributed by atoms with van der Waals surface area (Å²) in [6, 6.07) is 4.31. The maximum atomic E-state index is 11.1. The van der Waals surface area contributed by atoms with Crippen LogP contribution in [0.4, 0.5) is 11.4 Å². The quantitative estimate of drug-likeness (QED) is 0.392. The van der Waals surface area contributed by atoms with Gasteiger partial charge in [0.25, 0.3) is 0 Å². The van der Waals surface area contributed by atoms with Gasteiger partial charge in [0.2, 0.25) is 10.0 Å². The maximum Gasteiger partial charge on any atom is 0.238 e. The van der Waals surface area contributed by atoms with Gasteiger partial charge >= 0.3 is 0 Å². The summed E-state index contributed by atoms with van der Waals surface area (Å²) in [5.74, 6) is 0. The Labute approximate surface area is 113 Å². The van der Waals surface area contributed by atoms with Crippen LogP contribution in [0, 0.1) is 0 Å². The maximum absolute atomic E-state index is 11.1. The summed E-state index contributed by atoms with van der Waals surface area (Å²) in [6.45, 7) is 7.19. The number of nitrogen functional groups attached to an aromatic ring is 1. The molecule has 0 atom stereocenters. The zero-order valence-corrected chi connectivity index (χ0v) is 11.7. The van der Waals surface area contributed by atoms with Crippen LogP contribution in [0.1, 0.15) is 6.92 Å². The number of sulfonamides is 1. The van der Waals surface area contributed by atoms with Gasteiger partial charge in [-0.15, -0.1) is 0 Å². The van der Waals surface area contributed by atoms with Crippen molar-refractivity contribution in [1.29, 1.82) is 0 Å². The number of benzene rings is 1. The number of anilines is 2. The molecule has 0 unspecified atom stereocenters. The fraction of sp³-hybridized carbons (Fsp3) is 0.333. The van der Waals surface area contributed by atoms with E-state index < -0.39 is 10.0 Å². The van der Waals surface area contributed by atoms with Crippen LogP contribution in [0.25, 0.3) is 0 Å². The molecule has 1 aromatic carbocycles. The first kappa shape index (κ1) is 15.5. The largest absolute Gasteiger partial charge is 0.397 e. The molecule has 0 bridgehead atoms. The van der Waals surface area contributed by atoms with Crippen LogP contribution < -0.4 is 16.2 Å². The fourth-order valence-electron chi connectivity index (χ4n) is 1.38. The SMILES string of the molecule is C=C(C)COCCNc1ccc(S(N)(=O)=O)cc1N. The lowest BCUT2D eigenvalue weighted by atomic mass is 10.2. The van der Waals surface area contributed by atoms with Crippen molar-refractivity contribution in [3.63, 3.8) is 0 Å². The smallest absolute Gasteiger partial charge is 0.238 e. The molecule has 1 aromatic rings. The number of nitrogens with one attached hydrogen (secondary N) is 1. The molecule has 19 heavy (non-hydrogen) atoms. The Kier molecular flexibility index (Phi) is 5.34. The molecule has 0 fully saturated rings.